The Morgan fingerprint density at radius 1 is 1.38 bits per heavy atom. The number of nitrogens with zero attached hydrogens (tertiary/aromatic N) is 2. The van der Waals surface area contributed by atoms with E-state index in [1.807, 2.05) is 0 Å². The van der Waals surface area contributed by atoms with E-state index in [0.717, 1.165) is 38.2 Å². The summed E-state index contributed by atoms with van der Waals surface area (Å²) in [6, 6.07) is 1.87. The van der Waals surface area contributed by atoms with E-state index in [4.69, 9.17) is 5.11 Å². The van der Waals surface area contributed by atoms with Crippen molar-refractivity contribution in [1.29, 1.82) is 0 Å². The van der Waals surface area contributed by atoms with Gasteiger partial charge in [-0.3, -0.25) is 10.1 Å². The summed E-state index contributed by atoms with van der Waals surface area (Å²) < 4.78 is 13.6. The smallest absolute Gasteiger partial charge is 0.338 e. The van der Waals surface area contributed by atoms with Gasteiger partial charge in [0.05, 0.1) is 16.6 Å². The molecule has 0 amide bonds. The average molecular weight is 296 g/mol. The van der Waals surface area contributed by atoms with E-state index >= 15 is 0 Å². The highest BCUT2D eigenvalue weighted by molar-refractivity contribution is 5.90. The monoisotopic (exact) mass is 296 g/mol. The van der Waals surface area contributed by atoms with E-state index in [0.29, 0.717) is 6.07 Å². The lowest BCUT2D eigenvalue weighted by Crippen LogP contribution is -2.34. The average Bonchev–Trinajstić information content (AvgIpc) is 2.46. The van der Waals surface area contributed by atoms with Crippen molar-refractivity contribution < 1.29 is 19.2 Å². The molecule has 0 bridgehead atoms. The first-order valence-electron chi connectivity index (χ1n) is 6.86. The molecule has 2 rings (SSSR count). The maximum atomic E-state index is 13.6. The van der Waals surface area contributed by atoms with Gasteiger partial charge >= 0.3 is 5.97 Å². The van der Waals surface area contributed by atoms with Crippen LogP contribution in [0.4, 0.5) is 15.8 Å². The normalized spacial score (nSPS) is 15.7. The van der Waals surface area contributed by atoms with Gasteiger partial charge in [-0.1, -0.05) is 19.3 Å². The molecule has 1 aliphatic carbocycles. The zero-order valence-electron chi connectivity index (χ0n) is 11.7. The van der Waals surface area contributed by atoms with Crippen molar-refractivity contribution in [3.05, 3.63) is 33.6 Å². The zero-order valence-corrected chi connectivity index (χ0v) is 11.7. The molecule has 1 aromatic carbocycles. The standard InChI is InChI=1S/C14H17FN2O4/c1-16(9-5-3-2-4-6-9)12-7-10(14(18)19)11(15)8-13(12)17(20)21/h7-9H,2-6H2,1H3,(H,18,19). The molecule has 1 saturated carbocycles. The van der Waals surface area contributed by atoms with Gasteiger partial charge in [0.2, 0.25) is 0 Å². The molecule has 6 nitrogen and oxygen atoms in total. The topological polar surface area (TPSA) is 83.7 Å². The zero-order chi connectivity index (χ0) is 15.6. The Bertz CT molecular complexity index is 570. The lowest BCUT2D eigenvalue weighted by Gasteiger charge is -2.32. The highest BCUT2D eigenvalue weighted by atomic mass is 19.1. The number of hydrogen-bond acceptors (Lipinski definition) is 4. The van der Waals surface area contributed by atoms with E-state index in [2.05, 4.69) is 0 Å². The quantitative estimate of drug-likeness (QED) is 0.681. The predicted molar refractivity (Wildman–Crippen MR) is 75.3 cm³/mol. The number of aromatic carboxylic acids is 1. The molecule has 1 fully saturated rings. The fourth-order valence-corrected chi connectivity index (χ4v) is 2.81. The number of hydrogen-bond donors (Lipinski definition) is 1. The summed E-state index contributed by atoms with van der Waals surface area (Å²) in [5.74, 6) is -2.52. The lowest BCUT2D eigenvalue weighted by molar-refractivity contribution is -0.384. The summed E-state index contributed by atoms with van der Waals surface area (Å²) in [4.78, 5) is 23.2. The first-order valence-corrected chi connectivity index (χ1v) is 6.86. The number of carboxylic acid groups (broad SMARTS) is 1. The van der Waals surface area contributed by atoms with Gasteiger partial charge in [-0.2, -0.15) is 0 Å². The molecule has 114 valence electrons. The minimum atomic E-state index is -1.43. The van der Waals surface area contributed by atoms with Crippen LogP contribution in [0.15, 0.2) is 12.1 Å². The summed E-state index contributed by atoms with van der Waals surface area (Å²) in [6.07, 6.45) is 5.00. The lowest BCUT2D eigenvalue weighted by atomic mass is 9.94. The number of nitro groups is 1. The molecule has 0 aliphatic heterocycles. The maximum Gasteiger partial charge on any atom is 0.338 e. The highest BCUT2D eigenvalue weighted by Gasteiger charge is 2.27. The second kappa shape index (κ2) is 6.07. The van der Waals surface area contributed by atoms with E-state index < -0.39 is 28.0 Å². The number of anilines is 1. The Balaban J connectivity index is 2.45. The van der Waals surface area contributed by atoms with Gasteiger partial charge in [0.1, 0.15) is 11.5 Å². The third-order valence-corrected chi connectivity index (χ3v) is 3.99. The van der Waals surface area contributed by atoms with Crippen LogP contribution in [0.2, 0.25) is 0 Å². The van der Waals surface area contributed by atoms with Crippen LogP contribution in [-0.2, 0) is 0 Å². The molecule has 1 aliphatic rings. The molecular weight excluding hydrogens is 279 g/mol. The van der Waals surface area contributed by atoms with Crippen LogP contribution in [0.25, 0.3) is 0 Å². The van der Waals surface area contributed by atoms with Crippen LogP contribution in [0.1, 0.15) is 42.5 Å². The van der Waals surface area contributed by atoms with Gasteiger partial charge < -0.3 is 10.0 Å². The highest BCUT2D eigenvalue weighted by Crippen LogP contribution is 2.34. The molecule has 0 spiro atoms. The van der Waals surface area contributed by atoms with Crippen molar-refractivity contribution in [3.63, 3.8) is 0 Å². The Hall–Kier alpha value is -2.18. The van der Waals surface area contributed by atoms with E-state index in [-0.39, 0.29) is 11.7 Å². The molecular formula is C14H17FN2O4. The fraction of sp³-hybridized carbons (Fsp3) is 0.500. The minimum Gasteiger partial charge on any atom is -0.478 e. The summed E-state index contributed by atoms with van der Waals surface area (Å²) in [6.45, 7) is 0. The van der Waals surface area contributed by atoms with Gasteiger partial charge in [-0.25, -0.2) is 9.18 Å². The summed E-state index contributed by atoms with van der Waals surface area (Å²) >= 11 is 0. The summed E-state index contributed by atoms with van der Waals surface area (Å²) in [5.41, 5.74) is -0.783. The minimum absolute atomic E-state index is 0.115. The van der Waals surface area contributed by atoms with Crippen LogP contribution in [0.3, 0.4) is 0 Å². The van der Waals surface area contributed by atoms with Crippen molar-refractivity contribution in [1.82, 2.24) is 0 Å². The molecule has 0 heterocycles. The molecule has 21 heavy (non-hydrogen) atoms. The van der Waals surface area contributed by atoms with E-state index in [1.54, 1.807) is 11.9 Å². The molecule has 0 saturated heterocycles. The van der Waals surface area contributed by atoms with Crippen molar-refractivity contribution in [2.45, 2.75) is 38.1 Å². The van der Waals surface area contributed by atoms with Crippen molar-refractivity contribution in [3.8, 4) is 0 Å². The third-order valence-electron chi connectivity index (χ3n) is 3.99. The second-order valence-electron chi connectivity index (χ2n) is 5.29. The van der Waals surface area contributed by atoms with Gasteiger partial charge in [-0.05, 0) is 18.9 Å². The molecule has 1 aromatic rings. The summed E-state index contributed by atoms with van der Waals surface area (Å²) in [5, 5.41) is 20.1. The Kier molecular flexibility index (Phi) is 4.40. The molecule has 0 unspecified atom stereocenters. The first-order chi connectivity index (χ1) is 9.91. The van der Waals surface area contributed by atoms with Crippen molar-refractivity contribution in [2.75, 3.05) is 11.9 Å². The second-order valence-corrected chi connectivity index (χ2v) is 5.29. The SMILES string of the molecule is CN(c1cc(C(=O)O)c(F)cc1[N+](=O)[O-])C1CCCCC1. The summed E-state index contributed by atoms with van der Waals surface area (Å²) in [7, 11) is 1.70. The number of halogens is 1. The van der Waals surface area contributed by atoms with Crippen molar-refractivity contribution >= 4 is 17.3 Å². The van der Waals surface area contributed by atoms with Crippen LogP contribution in [0.5, 0.6) is 0 Å². The predicted octanol–water partition coefficient (Wildman–Crippen LogP) is 3.20. The largest absolute Gasteiger partial charge is 0.478 e. The number of nitro benzene ring substituents is 1. The third kappa shape index (κ3) is 3.12. The molecule has 0 aromatic heterocycles. The van der Waals surface area contributed by atoms with Crippen LogP contribution in [-0.4, -0.2) is 29.1 Å². The number of rotatable bonds is 4. The number of benzene rings is 1. The Labute approximate surface area is 121 Å². The Morgan fingerprint density at radius 3 is 2.52 bits per heavy atom. The van der Waals surface area contributed by atoms with Crippen molar-refractivity contribution in [2.24, 2.45) is 0 Å². The van der Waals surface area contributed by atoms with Crippen LogP contribution < -0.4 is 4.90 Å². The van der Waals surface area contributed by atoms with Gasteiger partial charge in [0, 0.05) is 13.1 Å². The molecule has 0 atom stereocenters. The van der Waals surface area contributed by atoms with Gasteiger partial charge in [-0.15, -0.1) is 0 Å². The number of carboxylic acids is 1. The fourth-order valence-electron chi connectivity index (χ4n) is 2.81. The van der Waals surface area contributed by atoms with Gasteiger partial charge in [0.25, 0.3) is 5.69 Å². The van der Waals surface area contributed by atoms with Crippen LogP contribution >= 0.6 is 0 Å². The van der Waals surface area contributed by atoms with Crippen LogP contribution in [0, 0.1) is 15.9 Å². The van der Waals surface area contributed by atoms with E-state index in [1.165, 1.54) is 0 Å². The Morgan fingerprint density at radius 2 is 2.00 bits per heavy atom. The maximum absolute atomic E-state index is 13.6. The van der Waals surface area contributed by atoms with Gasteiger partial charge in [0.15, 0.2) is 0 Å². The molecule has 1 N–H and O–H groups in total. The molecule has 0 radical (unpaired) electrons. The first kappa shape index (κ1) is 15.2. The number of carbonyl (C=O) groups is 1. The molecule has 7 heteroatoms. The van der Waals surface area contributed by atoms with E-state index in [9.17, 15) is 19.3 Å².